The molecule has 4 N–H and O–H groups in total. The normalized spacial score (nSPS) is 10.4. The van der Waals surface area contributed by atoms with Gasteiger partial charge in [0.15, 0.2) is 5.82 Å². The minimum absolute atomic E-state index is 0.184. The third-order valence-electron chi connectivity index (χ3n) is 2.19. The lowest BCUT2D eigenvalue weighted by Gasteiger charge is -2.00. The monoisotopic (exact) mass is 236 g/mol. The Kier molecular flexibility index (Phi) is 2.66. The Morgan fingerprint density at radius 1 is 1.50 bits per heavy atom. The molecule has 0 aliphatic heterocycles. The van der Waals surface area contributed by atoms with E-state index >= 15 is 0 Å². The number of carbonyl (C=O) groups is 1. The molecular formula is C10H12N4OS. The lowest BCUT2D eigenvalue weighted by Crippen LogP contribution is -2.11. The molecule has 0 spiro atoms. The fourth-order valence-corrected chi connectivity index (χ4v) is 2.02. The number of nitrogens with zero attached hydrogens (tertiary/aromatic N) is 1. The Morgan fingerprint density at radius 2 is 2.25 bits per heavy atom. The van der Waals surface area contributed by atoms with E-state index in [0.717, 1.165) is 10.6 Å². The number of nitrogens with one attached hydrogen (secondary N) is 2. The molecule has 2 aromatic heterocycles. The zero-order valence-corrected chi connectivity index (χ0v) is 9.81. The topological polar surface area (TPSA) is 83.8 Å². The first-order valence-electron chi connectivity index (χ1n) is 4.76. The number of anilines is 2. The average molecular weight is 236 g/mol. The first kappa shape index (κ1) is 10.7. The fourth-order valence-electron chi connectivity index (χ4n) is 1.26. The van der Waals surface area contributed by atoms with Gasteiger partial charge in [0.05, 0.1) is 16.3 Å². The van der Waals surface area contributed by atoms with E-state index in [1.54, 1.807) is 13.0 Å². The quantitative estimate of drug-likeness (QED) is 0.744. The van der Waals surface area contributed by atoms with Gasteiger partial charge in [-0.15, -0.1) is 11.3 Å². The molecule has 0 radical (unpaired) electrons. The fraction of sp³-hybridized carbons (Fsp3) is 0.200. The average Bonchev–Trinajstić information content (AvgIpc) is 2.79. The smallest absolute Gasteiger partial charge is 0.266 e. The maximum atomic E-state index is 11.8. The van der Waals surface area contributed by atoms with Gasteiger partial charge < -0.3 is 11.1 Å². The number of nitrogens with two attached hydrogens (primary N) is 1. The van der Waals surface area contributed by atoms with Gasteiger partial charge in [0.2, 0.25) is 0 Å². The number of hydrogen-bond acceptors (Lipinski definition) is 4. The molecule has 0 bridgehead atoms. The summed E-state index contributed by atoms with van der Waals surface area (Å²) < 4.78 is 0. The van der Waals surface area contributed by atoms with Crippen LogP contribution in [0.4, 0.5) is 11.5 Å². The zero-order valence-electron chi connectivity index (χ0n) is 9.00. The lowest BCUT2D eigenvalue weighted by atomic mass is 10.3. The Labute approximate surface area is 96.7 Å². The van der Waals surface area contributed by atoms with Gasteiger partial charge in [-0.25, -0.2) is 0 Å². The van der Waals surface area contributed by atoms with Crippen molar-refractivity contribution in [2.24, 2.45) is 0 Å². The van der Waals surface area contributed by atoms with Crippen molar-refractivity contribution in [2.45, 2.75) is 13.8 Å². The molecule has 1 amide bonds. The predicted octanol–water partition coefficient (Wildman–Crippen LogP) is 1.92. The summed E-state index contributed by atoms with van der Waals surface area (Å²) in [5.41, 5.74) is 6.95. The van der Waals surface area contributed by atoms with Crippen LogP contribution >= 0.6 is 11.3 Å². The molecule has 2 aromatic rings. The summed E-state index contributed by atoms with van der Waals surface area (Å²) in [6.45, 7) is 3.75. The van der Waals surface area contributed by atoms with Gasteiger partial charge in [-0.2, -0.15) is 5.10 Å². The standard InChI is InChI=1S/C10H12N4OS/c1-5-3-4-7(16-5)10(15)12-9-8(11)6(2)13-14-9/h3-4H,11H2,1-2H3,(H2,12,13,14,15). The number of rotatable bonds is 2. The second kappa shape index (κ2) is 3.97. The van der Waals surface area contributed by atoms with E-state index in [4.69, 9.17) is 5.73 Å². The van der Waals surface area contributed by atoms with Gasteiger partial charge in [-0.05, 0) is 26.0 Å². The van der Waals surface area contributed by atoms with Gasteiger partial charge >= 0.3 is 0 Å². The summed E-state index contributed by atoms with van der Waals surface area (Å²) in [7, 11) is 0. The number of H-pyrrole nitrogens is 1. The minimum atomic E-state index is -0.184. The summed E-state index contributed by atoms with van der Waals surface area (Å²) in [5, 5.41) is 9.29. The Morgan fingerprint density at radius 3 is 2.75 bits per heavy atom. The molecule has 84 valence electrons. The number of carbonyl (C=O) groups excluding carboxylic acids is 1. The molecule has 0 saturated carbocycles. The van der Waals surface area contributed by atoms with Crippen molar-refractivity contribution in [1.82, 2.24) is 10.2 Å². The maximum Gasteiger partial charge on any atom is 0.266 e. The second-order valence-electron chi connectivity index (χ2n) is 3.48. The third kappa shape index (κ3) is 1.92. The molecule has 16 heavy (non-hydrogen) atoms. The Balaban J connectivity index is 2.17. The van der Waals surface area contributed by atoms with Gasteiger partial charge in [-0.3, -0.25) is 9.89 Å². The van der Waals surface area contributed by atoms with E-state index in [1.807, 2.05) is 13.0 Å². The van der Waals surface area contributed by atoms with E-state index in [0.29, 0.717) is 16.4 Å². The van der Waals surface area contributed by atoms with Crippen molar-refractivity contribution < 1.29 is 4.79 Å². The maximum absolute atomic E-state index is 11.8. The van der Waals surface area contributed by atoms with Crippen molar-refractivity contribution in [3.05, 3.63) is 27.6 Å². The largest absolute Gasteiger partial charge is 0.394 e. The molecule has 2 rings (SSSR count). The van der Waals surface area contributed by atoms with E-state index in [9.17, 15) is 4.79 Å². The van der Waals surface area contributed by atoms with E-state index < -0.39 is 0 Å². The third-order valence-corrected chi connectivity index (χ3v) is 3.19. The Bertz CT molecular complexity index is 529. The van der Waals surface area contributed by atoms with Crippen LogP contribution < -0.4 is 11.1 Å². The first-order chi connectivity index (χ1) is 7.58. The SMILES string of the molecule is Cc1ccc(C(=O)Nc2n[nH]c(C)c2N)s1. The van der Waals surface area contributed by atoms with Crippen LogP contribution in [0.25, 0.3) is 0 Å². The number of aryl methyl sites for hydroxylation is 2. The number of aromatic nitrogens is 2. The minimum Gasteiger partial charge on any atom is -0.394 e. The molecule has 0 aliphatic carbocycles. The van der Waals surface area contributed by atoms with E-state index in [2.05, 4.69) is 15.5 Å². The van der Waals surface area contributed by atoms with E-state index in [-0.39, 0.29) is 5.91 Å². The molecule has 0 fully saturated rings. The van der Waals surface area contributed by atoms with Crippen LogP contribution in [0.5, 0.6) is 0 Å². The van der Waals surface area contributed by atoms with Crippen LogP contribution in [0.1, 0.15) is 20.2 Å². The van der Waals surface area contributed by atoms with Crippen molar-refractivity contribution in [2.75, 3.05) is 11.1 Å². The molecule has 0 unspecified atom stereocenters. The van der Waals surface area contributed by atoms with Crippen molar-refractivity contribution in [1.29, 1.82) is 0 Å². The summed E-state index contributed by atoms with van der Waals surface area (Å²) >= 11 is 1.44. The predicted molar refractivity (Wildman–Crippen MR) is 64.7 cm³/mol. The van der Waals surface area contributed by atoms with Crippen LogP contribution in [0.15, 0.2) is 12.1 Å². The highest BCUT2D eigenvalue weighted by Gasteiger charge is 2.12. The van der Waals surface area contributed by atoms with Gasteiger partial charge in [-0.1, -0.05) is 0 Å². The molecule has 0 aliphatic rings. The molecule has 2 heterocycles. The second-order valence-corrected chi connectivity index (χ2v) is 4.76. The van der Waals surface area contributed by atoms with Gasteiger partial charge in [0.25, 0.3) is 5.91 Å². The Hall–Kier alpha value is -1.82. The van der Waals surface area contributed by atoms with Crippen molar-refractivity contribution in [3.63, 3.8) is 0 Å². The number of hydrogen-bond donors (Lipinski definition) is 3. The summed E-state index contributed by atoms with van der Waals surface area (Å²) in [6.07, 6.45) is 0. The highest BCUT2D eigenvalue weighted by Crippen LogP contribution is 2.21. The molecule has 5 nitrogen and oxygen atoms in total. The van der Waals surface area contributed by atoms with Gasteiger partial charge in [0.1, 0.15) is 0 Å². The molecule has 6 heteroatoms. The number of aromatic amines is 1. The van der Waals surface area contributed by atoms with Crippen LogP contribution in [-0.2, 0) is 0 Å². The number of amides is 1. The first-order valence-corrected chi connectivity index (χ1v) is 5.58. The van der Waals surface area contributed by atoms with Crippen LogP contribution in [0, 0.1) is 13.8 Å². The summed E-state index contributed by atoms with van der Waals surface area (Å²) in [5.74, 6) is 0.199. The number of nitrogen functional groups attached to an aromatic ring is 1. The summed E-state index contributed by atoms with van der Waals surface area (Å²) in [4.78, 5) is 13.5. The highest BCUT2D eigenvalue weighted by molar-refractivity contribution is 7.14. The summed E-state index contributed by atoms with van der Waals surface area (Å²) in [6, 6.07) is 3.68. The van der Waals surface area contributed by atoms with Crippen LogP contribution in [-0.4, -0.2) is 16.1 Å². The zero-order chi connectivity index (χ0) is 11.7. The van der Waals surface area contributed by atoms with Crippen molar-refractivity contribution in [3.8, 4) is 0 Å². The molecule has 0 saturated heterocycles. The molecular weight excluding hydrogens is 224 g/mol. The van der Waals surface area contributed by atoms with Gasteiger partial charge in [0, 0.05) is 4.88 Å². The molecule has 0 aromatic carbocycles. The van der Waals surface area contributed by atoms with Crippen LogP contribution in [0.3, 0.4) is 0 Å². The highest BCUT2D eigenvalue weighted by atomic mass is 32.1. The van der Waals surface area contributed by atoms with E-state index in [1.165, 1.54) is 11.3 Å². The lowest BCUT2D eigenvalue weighted by molar-refractivity contribution is 0.103. The number of thiophene rings is 1. The van der Waals surface area contributed by atoms with Crippen LogP contribution in [0.2, 0.25) is 0 Å². The van der Waals surface area contributed by atoms with Crippen molar-refractivity contribution >= 4 is 28.7 Å². The molecule has 0 atom stereocenters.